The summed E-state index contributed by atoms with van der Waals surface area (Å²) in [5.41, 5.74) is 2.80. The van der Waals surface area contributed by atoms with E-state index < -0.39 is 0 Å². The lowest BCUT2D eigenvalue weighted by Crippen LogP contribution is -2.50. The van der Waals surface area contributed by atoms with E-state index >= 15 is 0 Å². The number of halogens is 1. The van der Waals surface area contributed by atoms with Gasteiger partial charge in [-0.3, -0.25) is 0 Å². The van der Waals surface area contributed by atoms with Crippen molar-refractivity contribution >= 4 is 30.4 Å². The highest BCUT2D eigenvalue weighted by atomic mass is 127. The number of fused-ring (bicyclic) bond motifs is 5. The Labute approximate surface area is 228 Å². The fraction of sp³-hybridized carbons (Fsp3) is 0.933. The van der Waals surface area contributed by atoms with Crippen molar-refractivity contribution in [3.63, 3.8) is 0 Å². The minimum absolute atomic E-state index is 0.407. The van der Waals surface area contributed by atoms with Gasteiger partial charge in [-0.05, 0) is 98.2 Å². The lowest BCUT2D eigenvalue weighted by atomic mass is 9.47. The molecule has 7 unspecified atom stereocenters. The van der Waals surface area contributed by atoms with Crippen LogP contribution < -0.4 is 0 Å². The Balaban J connectivity index is 0.00000158. The molecule has 0 bridgehead atoms. The number of hydrogen-bond donors (Lipinski definition) is 0. The topological polar surface area (TPSA) is 18.5 Å². The molecule has 0 aromatic heterocycles. The number of ether oxygens (including phenoxy) is 1. The van der Waals surface area contributed by atoms with Crippen LogP contribution in [0.1, 0.15) is 119 Å². The van der Waals surface area contributed by atoms with Crippen LogP contribution >= 0.6 is 30.4 Å². The zero-order valence-electron chi connectivity index (χ0n) is 23.0. The molecule has 0 radical (unpaired) electrons. The average molecular weight is 605 g/mol. The molecular formula is C30H53IO2S. The van der Waals surface area contributed by atoms with E-state index in [0.29, 0.717) is 23.5 Å². The van der Waals surface area contributed by atoms with Crippen molar-refractivity contribution in [3.8, 4) is 0 Å². The summed E-state index contributed by atoms with van der Waals surface area (Å²) < 4.78 is 11.6. The van der Waals surface area contributed by atoms with Gasteiger partial charge in [0, 0.05) is 21.2 Å². The van der Waals surface area contributed by atoms with E-state index in [-0.39, 0.29) is 0 Å². The normalized spacial score (nSPS) is 38.9. The Morgan fingerprint density at radius 3 is 2.56 bits per heavy atom. The Bertz CT molecular complexity index is 652. The summed E-state index contributed by atoms with van der Waals surface area (Å²) in [5, 5.41) is 0. The highest BCUT2D eigenvalue weighted by Gasteiger charge is 2.58. The fourth-order valence-electron chi connectivity index (χ4n) is 8.58. The van der Waals surface area contributed by atoms with E-state index in [1.807, 2.05) is 13.8 Å². The quantitative estimate of drug-likeness (QED) is 0.107. The first-order valence-electron chi connectivity index (χ1n) is 14.6. The molecule has 0 amide bonds. The van der Waals surface area contributed by atoms with E-state index in [4.69, 9.17) is 8.92 Å². The summed E-state index contributed by atoms with van der Waals surface area (Å²) in [6.07, 6.45) is 20.0. The summed E-state index contributed by atoms with van der Waals surface area (Å²) in [6, 6.07) is 0. The SMILES string of the molecule is CC.CC(C)CCCCC1CCC2C3CC=C4CC(OCCOSI)CCC4(C)C3CCC12C. The molecule has 2 nitrogen and oxygen atoms in total. The minimum Gasteiger partial charge on any atom is -0.375 e. The van der Waals surface area contributed by atoms with E-state index in [0.717, 1.165) is 42.6 Å². The van der Waals surface area contributed by atoms with Gasteiger partial charge >= 0.3 is 0 Å². The molecule has 34 heavy (non-hydrogen) atoms. The lowest BCUT2D eigenvalue weighted by molar-refractivity contribution is -0.0601. The smallest absolute Gasteiger partial charge is 0.0857 e. The van der Waals surface area contributed by atoms with Crippen LogP contribution in [0.4, 0.5) is 0 Å². The number of allylic oxidation sites excluding steroid dienone is 1. The van der Waals surface area contributed by atoms with Gasteiger partial charge in [0.2, 0.25) is 0 Å². The van der Waals surface area contributed by atoms with Crippen molar-refractivity contribution in [3.05, 3.63) is 11.6 Å². The third-order valence-corrected chi connectivity index (χ3v) is 11.4. The van der Waals surface area contributed by atoms with Gasteiger partial charge in [0.1, 0.15) is 0 Å². The van der Waals surface area contributed by atoms with Crippen LogP contribution in [0.25, 0.3) is 0 Å². The van der Waals surface area contributed by atoms with Crippen molar-refractivity contribution in [2.24, 2.45) is 40.4 Å². The van der Waals surface area contributed by atoms with Gasteiger partial charge in [0.25, 0.3) is 0 Å². The summed E-state index contributed by atoms with van der Waals surface area (Å²) in [6.45, 7) is 15.5. The molecule has 4 aliphatic carbocycles. The molecule has 0 saturated heterocycles. The maximum absolute atomic E-state index is 6.19. The molecule has 4 aliphatic rings. The standard InChI is InChI=1S/C28H47IO2S.C2H6/c1-20(2)7-5-6-8-21-10-12-25-24-11-9-22-19-23(30-17-18-31-32-29)13-15-28(22,4)26(24)14-16-27(21,25)3;1-2/h9,20-21,23-26H,5-8,10-19H2,1-4H3;1-2H3. The molecule has 3 saturated carbocycles. The Kier molecular flexibility index (Phi) is 11.6. The van der Waals surface area contributed by atoms with Crippen LogP contribution in [0.2, 0.25) is 0 Å². The van der Waals surface area contributed by atoms with Gasteiger partial charge in [-0.2, -0.15) is 0 Å². The average Bonchev–Trinajstić information content (AvgIpc) is 3.17. The molecule has 0 aromatic carbocycles. The summed E-state index contributed by atoms with van der Waals surface area (Å²) in [4.78, 5) is 0. The van der Waals surface area contributed by atoms with E-state index in [9.17, 15) is 0 Å². The molecule has 3 fully saturated rings. The second kappa shape index (κ2) is 13.5. The van der Waals surface area contributed by atoms with Crippen LogP contribution in [0.5, 0.6) is 0 Å². The van der Waals surface area contributed by atoms with Gasteiger partial charge in [0.05, 0.1) is 28.5 Å². The van der Waals surface area contributed by atoms with Crippen molar-refractivity contribution < 1.29 is 8.92 Å². The predicted octanol–water partition coefficient (Wildman–Crippen LogP) is 10.2. The van der Waals surface area contributed by atoms with Crippen molar-refractivity contribution in [2.75, 3.05) is 13.2 Å². The molecule has 0 N–H and O–H groups in total. The van der Waals surface area contributed by atoms with Crippen LogP contribution in [0.15, 0.2) is 11.6 Å². The monoisotopic (exact) mass is 604 g/mol. The second-order valence-corrected chi connectivity index (χ2v) is 13.8. The minimum atomic E-state index is 0.407. The van der Waals surface area contributed by atoms with E-state index in [2.05, 4.69) is 55.0 Å². The molecule has 4 rings (SSSR count). The summed E-state index contributed by atoms with van der Waals surface area (Å²) in [7, 11) is 1.41. The van der Waals surface area contributed by atoms with Gasteiger partial charge < -0.3 is 8.92 Å². The fourth-order valence-corrected chi connectivity index (χ4v) is 9.25. The molecule has 0 aromatic rings. The first kappa shape index (κ1) is 29.3. The molecule has 0 spiro atoms. The number of rotatable bonds is 10. The second-order valence-electron chi connectivity index (χ2n) is 12.4. The van der Waals surface area contributed by atoms with E-state index in [1.165, 1.54) is 79.8 Å². The van der Waals surface area contributed by atoms with Crippen LogP contribution in [0.3, 0.4) is 0 Å². The summed E-state index contributed by atoms with van der Waals surface area (Å²) >= 11 is 2.18. The highest BCUT2D eigenvalue weighted by molar-refractivity contribution is 14.2. The van der Waals surface area contributed by atoms with Crippen LogP contribution in [0, 0.1) is 40.4 Å². The van der Waals surface area contributed by atoms with Crippen LogP contribution in [-0.4, -0.2) is 19.3 Å². The third-order valence-electron chi connectivity index (χ3n) is 10.4. The summed E-state index contributed by atoms with van der Waals surface area (Å²) in [5.74, 6) is 4.69. The maximum Gasteiger partial charge on any atom is 0.0857 e. The first-order valence-corrected chi connectivity index (χ1v) is 17.9. The van der Waals surface area contributed by atoms with Crippen molar-refractivity contribution in [1.29, 1.82) is 0 Å². The number of hydrogen-bond acceptors (Lipinski definition) is 3. The van der Waals surface area contributed by atoms with E-state index in [1.54, 1.807) is 5.57 Å². The zero-order chi connectivity index (χ0) is 24.8. The van der Waals surface area contributed by atoms with Gasteiger partial charge in [0.15, 0.2) is 0 Å². The van der Waals surface area contributed by atoms with Gasteiger partial charge in [-0.15, -0.1) is 0 Å². The highest BCUT2D eigenvalue weighted by Crippen LogP contribution is 2.66. The van der Waals surface area contributed by atoms with Crippen molar-refractivity contribution in [1.82, 2.24) is 0 Å². The Hall–Kier alpha value is 0.740. The molecule has 4 heteroatoms. The Morgan fingerprint density at radius 2 is 1.82 bits per heavy atom. The van der Waals surface area contributed by atoms with Gasteiger partial charge in [-0.1, -0.05) is 72.5 Å². The zero-order valence-corrected chi connectivity index (χ0v) is 26.0. The Morgan fingerprint density at radius 1 is 1.03 bits per heavy atom. The maximum atomic E-state index is 6.19. The first-order chi connectivity index (χ1) is 16.4. The predicted molar refractivity (Wildman–Crippen MR) is 157 cm³/mol. The van der Waals surface area contributed by atoms with Crippen molar-refractivity contribution in [2.45, 2.75) is 125 Å². The largest absolute Gasteiger partial charge is 0.375 e. The lowest BCUT2D eigenvalue weighted by Gasteiger charge is -2.58. The molecule has 0 aliphatic heterocycles. The van der Waals surface area contributed by atoms with Crippen LogP contribution in [-0.2, 0) is 8.92 Å². The molecule has 7 atom stereocenters. The van der Waals surface area contributed by atoms with Gasteiger partial charge in [-0.25, -0.2) is 0 Å². The molecule has 0 heterocycles. The molecule has 198 valence electrons. The number of unbranched alkanes of at least 4 members (excludes halogenated alkanes) is 1. The third kappa shape index (κ3) is 6.41. The molecular weight excluding hydrogens is 551 g/mol.